The van der Waals surface area contributed by atoms with Crippen molar-refractivity contribution < 1.29 is 9.59 Å². The number of benzene rings is 2. The highest BCUT2D eigenvalue weighted by atomic mass is 16.2. The monoisotopic (exact) mass is 413 g/mol. The second kappa shape index (κ2) is 8.14. The van der Waals surface area contributed by atoms with Gasteiger partial charge in [0.1, 0.15) is 11.7 Å². The molecule has 1 N–H and O–H groups in total. The first-order valence-corrected chi connectivity index (χ1v) is 11.1. The standard InChI is InChI=1S/C26H27N3O2/c1-29-21-14-8-7-13-20(21)27-23(29)16-15-22(30)25-24(17-9-3-2-4-10-17)18-11-5-6-12-19(18)28-26(25)31/h2-4,7-10,13-16,18-19,24-25H,5-6,11-12H2,1H3,(H,28,31)/b16-15+. The van der Waals surface area contributed by atoms with E-state index >= 15 is 0 Å². The van der Waals surface area contributed by atoms with Crippen LogP contribution in [0.25, 0.3) is 17.1 Å². The van der Waals surface area contributed by atoms with Crippen molar-refractivity contribution in [2.45, 2.75) is 37.6 Å². The minimum absolute atomic E-state index is 0.0853. The molecule has 2 fully saturated rings. The van der Waals surface area contributed by atoms with Crippen molar-refractivity contribution in [2.75, 3.05) is 0 Å². The van der Waals surface area contributed by atoms with E-state index in [1.54, 1.807) is 12.2 Å². The second-order valence-electron chi connectivity index (χ2n) is 8.73. The van der Waals surface area contributed by atoms with Crippen LogP contribution in [-0.2, 0) is 16.6 Å². The van der Waals surface area contributed by atoms with Gasteiger partial charge < -0.3 is 9.88 Å². The predicted molar refractivity (Wildman–Crippen MR) is 121 cm³/mol. The zero-order valence-corrected chi connectivity index (χ0v) is 17.7. The van der Waals surface area contributed by atoms with Gasteiger partial charge in [-0.2, -0.15) is 0 Å². The Kier molecular flexibility index (Phi) is 5.18. The van der Waals surface area contributed by atoms with Gasteiger partial charge in [0.15, 0.2) is 5.78 Å². The summed E-state index contributed by atoms with van der Waals surface area (Å²) in [5, 5.41) is 3.17. The van der Waals surface area contributed by atoms with E-state index in [1.165, 1.54) is 0 Å². The number of rotatable bonds is 4. The van der Waals surface area contributed by atoms with E-state index in [-0.39, 0.29) is 23.7 Å². The SMILES string of the molecule is Cn1c(/C=C/C(=O)C2C(=O)NC3CCCCC3C2c2ccccc2)nc2ccccc21. The van der Waals surface area contributed by atoms with E-state index in [4.69, 9.17) is 0 Å². The molecular weight excluding hydrogens is 386 g/mol. The number of aryl methyl sites for hydroxylation is 1. The molecule has 1 aliphatic heterocycles. The number of nitrogens with zero attached hydrogens (tertiary/aromatic N) is 2. The van der Waals surface area contributed by atoms with Crippen LogP contribution in [0, 0.1) is 11.8 Å². The van der Waals surface area contributed by atoms with Gasteiger partial charge in [-0.05, 0) is 48.6 Å². The maximum Gasteiger partial charge on any atom is 0.231 e. The third-order valence-corrected chi connectivity index (χ3v) is 6.96. The molecule has 5 heteroatoms. The summed E-state index contributed by atoms with van der Waals surface area (Å²) in [4.78, 5) is 31.1. The average Bonchev–Trinajstić information content (AvgIpc) is 3.13. The van der Waals surface area contributed by atoms with Crippen molar-refractivity contribution >= 4 is 28.8 Å². The zero-order valence-electron chi connectivity index (χ0n) is 17.7. The number of imidazole rings is 1. The molecule has 1 saturated carbocycles. The molecule has 4 unspecified atom stereocenters. The fourth-order valence-electron chi connectivity index (χ4n) is 5.45. The number of allylic oxidation sites excluding steroid dienone is 1. The smallest absolute Gasteiger partial charge is 0.231 e. The number of para-hydroxylation sites is 2. The highest BCUT2D eigenvalue weighted by Gasteiger charge is 2.47. The molecule has 4 atom stereocenters. The predicted octanol–water partition coefficient (Wildman–Crippen LogP) is 4.24. The summed E-state index contributed by atoms with van der Waals surface area (Å²) in [5.41, 5.74) is 2.99. The normalized spacial score (nSPS) is 26.0. The van der Waals surface area contributed by atoms with Crippen LogP contribution in [0.15, 0.2) is 60.7 Å². The number of amides is 1. The van der Waals surface area contributed by atoms with Crippen LogP contribution < -0.4 is 5.32 Å². The lowest BCUT2D eigenvalue weighted by Gasteiger charge is -2.45. The number of hydrogen-bond donors (Lipinski definition) is 1. The fourth-order valence-corrected chi connectivity index (χ4v) is 5.45. The summed E-state index contributed by atoms with van der Waals surface area (Å²) in [6.45, 7) is 0. The van der Waals surface area contributed by atoms with Crippen molar-refractivity contribution in [2.24, 2.45) is 18.9 Å². The fraction of sp³-hybridized carbons (Fsp3) is 0.346. The van der Waals surface area contributed by atoms with Gasteiger partial charge in [0.25, 0.3) is 0 Å². The number of nitrogens with one attached hydrogen (secondary N) is 1. The Labute approximate surface area is 182 Å². The van der Waals surface area contributed by atoms with Gasteiger partial charge in [-0.15, -0.1) is 0 Å². The van der Waals surface area contributed by atoms with Crippen molar-refractivity contribution in [1.82, 2.24) is 14.9 Å². The molecule has 1 aliphatic carbocycles. The number of carbonyl (C=O) groups excluding carboxylic acids is 2. The van der Waals surface area contributed by atoms with E-state index < -0.39 is 5.92 Å². The topological polar surface area (TPSA) is 64.0 Å². The molecule has 31 heavy (non-hydrogen) atoms. The zero-order chi connectivity index (χ0) is 21.4. The first-order valence-electron chi connectivity index (χ1n) is 11.1. The maximum atomic E-state index is 13.4. The summed E-state index contributed by atoms with van der Waals surface area (Å²) in [7, 11) is 1.94. The number of hydrogen-bond acceptors (Lipinski definition) is 3. The van der Waals surface area contributed by atoms with Crippen LogP contribution >= 0.6 is 0 Å². The Morgan fingerprint density at radius 1 is 1.06 bits per heavy atom. The van der Waals surface area contributed by atoms with Crippen molar-refractivity contribution in [3.8, 4) is 0 Å². The highest BCUT2D eigenvalue weighted by Crippen LogP contribution is 2.44. The Morgan fingerprint density at radius 3 is 2.61 bits per heavy atom. The van der Waals surface area contributed by atoms with Crippen LogP contribution in [-0.4, -0.2) is 27.3 Å². The van der Waals surface area contributed by atoms with E-state index in [1.807, 2.05) is 54.1 Å². The number of piperidine rings is 1. The molecular formula is C26H27N3O2. The van der Waals surface area contributed by atoms with Crippen LogP contribution in [0.4, 0.5) is 0 Å². The van der Waals surface area contributed by atoms with E-state index in [9.17, 15) is 9.59 Å². The van der Waals surface area contributed by atoms with Gasteiger partial charge in [0.2, 0.25) is 5.91 Å². The molecule has 0 radical (unpaired) electrons. The number of fused-ring (bicyclic) bond motifs is 2. The van der Waals surface area contributed by atoms with Crippen LogP contribution in [0.1, 0.15) is 43.0 Å². The molecule has 2 heterocycles. The molecule has 3 aromatic rings. The maximum absolute atomic E-state index is 13.4. The first-order chi connectivity index (χ1) is 15.1. The van der Waals surface area contributed by atoms with E-state index in [0.717, 1.165) is 42.3 Å². The average molecular weight is 414 g/mol. The molecule has 1 aromatic heterocycles. The first kappa shape index (κ1) is 19.7. The number of ketones is 1. The van der Waals surface area contributed by atoms with Gasteiger partial charge in [0.05, 0.1) is 11.0 Å². The molecule has 1 saturated heterocycles. The van der Waals surface area contributed by atoms with Crippen LogP contribution in [0.3, 0.4) is 0 Å². The highest BCUT2D eigenvalue weighted by molar-refractivity contribution is 6.09. The lowest BCUT2D eigenvalue weighted by molar-refractivity contribution is -0.137. The molecule has 2 aliphatic rings. The molecule has 158 valence electrons. The lowest BCUT2D eigenvalue weighted by atomic mass is 9.65. The van der Waals surface area contributed by atoms with Crippen molar-refractivity contribution in [1.29, 1.82) is 0 Å². The largest absolute Gasteiger partial charge is 0.352 e. The molecule has 5 nitrogen and oxygen atoms in total. The number of carbonyl (C=O) groups is 2. The summed E-state index contributed by atoms with van der Waals surface area (Å²) < 4.78 is 1.96. The third-order valence-electron chi connectivity index (χ3n) is 6.96. The van der Waals surface area contributed by atoms with Gasteiger partial charge in [0, 0.05) is 19.0 Å². The summed E-state index contributed by atoms with van der Waals surface area (Å²) >= 11 is 0. The minimum atomic E-state index is -0.701. The molecule has 1 amide bonds. The van der Waals surface area contributed by atoms with E-state index in [2.05, 4.69) is 22.4 Å². The lowest BCUT2D eigenvalue weighted by Crippen LogP contribution is -2.56. The Bertz CT molecular complexity index is 1150. The quantitative estimate of drug-likeness (QED) is 0.514. The Balaban J connectivity index is 1.48. The Hall–Kier alpha value is -3.21. The summed E-state index contributed by atoms with van der Waals surface area (Å²) in [6.07, 6.45) is 7.61. The van der Waals surface area contributed by atoms with Gasteiger partial charge >= 0.3 is 0 Å². The van der Waals surface area contributed by atoms with Crippen molar-refractivity contribution in [3.63, 3.8) is 0 Å². The Morgan fingerprint density at radius 2 is 1.81 bits per heavy atom. The summed E-state index contributed by atoms with van der Waals surface area (Å²) in [6, 6.07) is 18.1. The van der Waals surface area contributed by atoms with Gasteiger partial charge in [-0.25, -0.2) is 4.98 Å². The van der Waals surface area contributed by atoms with Crippen LogP contribution in [0.5, 0.6) is 0 Å². The third kappa shape index (κ3) is 3.58. The minimum Gasteiger partial charge on any atom is -0.352 e. The summed E-state index contributed by atoms with van der Waals surface area (Å²) in [5.74, 6) is -0.0749. The molecule has 2 aromatic carbocycles. The molecule has 5 rings (SSSR count). The number of aromatic nitrogens is 2. The van der Waals surface area contributed by atoms with Crippen molar-refractivity contribution in [3.05, 3.63) is 72.1 Å². The van der Waals surface area contributed by atoms with Gasteiger partial charge in [-0.3, -0.25) is 9.59 Å². The van der Waals surface area contributed by atoms with E-state index in [0.29, 0.717) is 11.7 Å². The second-order valence-corrected chi connectivity index (χ2v) is 8.73. The van der Waals surface area contributed by atoms with Crippen LogP contribution in [0.2, 0.25) is 0 Å². The molecule has 0 bridgehead atoms. The molecule has 0 spiro atoms. The van der Waals surface area contributed by atoms with Gasteiger partial charge in [-0.1, -0.05) is 55.3 Å².